The molecule has 0 aromatic carbocycles. The molecule has 0 N–H and O–H groups in total. The Hall–Kier alpha value is 0. The van der Waals surface area contributed by atoms with E-state index >= 15 is 0 Å². The van der Waals surface area contributed by atoms with Crippen LogP contribution >= 0.6 is 0 Å². The highest BCUT2D eigenvalue weighted by molar-refractivity contribution is 4.87. The summed E-state index contributed by atoms with van der Waals surface area (Å²) in [6, 6.07) is 0. The third-order valence-electron chi connectivity index (χ3n) is 4.40. The second-order valence-electron chi connectivity index (χ2n) is 6.12. The van der Waals surface area contributed by atoms with Gasteiger partial charge in [0.2, 0.25) is 0 Å². The summed E-state index contributed by atoms with van der Waals surface area (Å²) < 4.78 is 0. The van der Waals surface area contributed by atoms with Crippen molar-refractivity contribution in [1.29, 1.82) is 0 Å². The Balaban J connectivity index is 2.61. The van der Waals surface area contributed by atoms with E-state index in [1.165, 1.54) is 12.8 Å². The summed E-state index contributed by atoms with van der Waals surface area (Å²) in [5.74, 6) is 5.51. The molecule has 1 fully saturated rings. The summed E-state index contributed by atoms with van der Waals surface area (Å²) in [5, 5.41) is 0. The van der Waals surface area contributed by atoms with Crippen molar-refractivity contribution in [3.05, 3.63) is 0 Å². The molecule has 0 radical (unpaired) electrons. The molecule has 0 aromatic heterocycles. The Bertz CT molecular complexity index is 157. The first-order chi connectivity index (χ1) is 6.45. The molecule has 1 aliphatic rings. The summed E-state index contributed by atoms with van der Waals surface area (Å²) in [6.45, 7) is 14.5. The van der Waals surface area contributed by atoms with Gasteiger partial charge in [-0.25, -0.2) is 0 Å². The van der Waals surface area contributed by atoms with Crippen LogP contribution in [0.1, 0.15) is 54.4 Å². The van der Waals surface area contributed by atoms with Gasteiger partial charge in [0.15, 0.2) is 0 Å². The van der Waals surface area contributed by atoms with E-state index in [2.05, 4.69) is 41.5 Å². The molecule has 0 aromatic rings. The smallest absolute Gasteiger partial charge is 0.0334 e. The van der Waals surface area contributed by atoms with E-state index in [9.17, 15) is 0 Å². The maximum atomic E-state index is 2.49. The maximum Gasteiger partial charge on any atom is -0.0334 e. The molecular formula is C14H28. The quantitative estimate of drug-likeness (QED) is 0.603. The largest absolute Gasteiger partial charge is 0.0625 e. The Morgan fingerprint density at radius 1 is 0.786 bits per heavy atom. The second-order valence-corrected chi connectivity index (χ2v) is 6.12. The molecule has 0 saturated heterocycles. The van der Waals surface area contributed by atoms with E-state index in [4.69, 9.17) is 0 Å². The summed E-state index contributed by atoms with van der Waals surface area (Å²) in [7, 11) is 0. The van der Waals surface area contributed by atoms with E-state index < -0.39 is 0 Å². The van der Waals surface area contributed by atoms with Crippen molar-refractivity contribution in [3.8, 4) is 0 Å². The van der Waals surface area contributed by atoms with Gasteiger partial charge < -0.3 is 0 Å². The van der Waals surface area contributed by atoms with Gasteiger partial charge in [0.1, 0.15) is 0 Å². The third kappa shape index (κ3) is 2.74. The van der Waals surface area contributed by atoms with Crippen LogP contribution in [0.3, 0.4) is 0 Å². The van der Waals surface area contributed by atoms with Crippen LogP contribution in [-0.2, 0) is 0 Å². The zero-order valence-corrected chi connectivity index (χ0v) is 10.9. The van der Waals surface area contributed by atoms with Gasteiger partial charge in [0, 0.05) is 0 Å². The lowest BCUT2D eigenvalue weighted by Crippen LogP contribution is -2.29. The van der Waals surface area contributed by atoms with Gasteiger partial charge in [-0.3, -0.25) is 0 Å². The van der Waals surface area contributed by atoms with Crippen LogP contribution in [-0.4, -0.2) is 0 Å². The lowest BCUT2D eigenvalue weighted by molar-refractivity contribution is 0.134. The molecule has 1 rings (SSSR count). The minimum atomic E-state index is 0.837. The van der Waals surface area contributed by atoms with Crippen molar-refractivity contribution in [3.63, 3.8) is 0 Å². The number of hydrogen-bond donors (Lipinski definition) is 0. The van der Waals surface area contributed by atoms with Crippen LogP contribution in [0.4, 0.5) is 0 Å². The minimum Gasteiger partial charge on any atom is -0.0625 e. The van der Waals surface area contributed by atoms with E-state index in [1.54, 1.807) is 0 Å². The molecule has 0 heterocycles. The zero-order valence-electron chi connectivity index (χ0n) is 10.9. The van der Waals surface area contributed by atoms with Crippen molar-refractivity contribution >= 4 is 0 Å². The standard InChI is InChI=1S/C14H28/c1-9(2)11(5)14(10(3)4)12(6)13-7-8-13/h9-14H,7-8H2,1-6H3. The van der Waals surface area contributed by atoms with Crippen LogP contribution in [0.25, 0.3) is 0 Å². The van der Waals surface area contributed by atoms with Gasteiger partial charge in [-0.05, 0) is 48.3 Å². The Morgan fingerprint density at radius 3 is 1.57 bits per heavy atom. The molecule has 0 bridgehead atoms. The molecule has 84 valence electrons. The molecule has 3 unspecified atom stereocenters. The highest BCUT2D eigenvalue weighted by atomic mass is 14.4. The topological polar surface area (TPSA) is 0 Å². The third-order valence-corrected chi connectivity index (χ3v) is 4.40. The number of rotatable bonds is 5. The van der Waals surface area contributed by atoms with Crippen molar-refractivity contribution in [1.82, 2.24) is 0 Å². The van der Waals surface area contributed by atoms with Crippen molar-refractivity contribution in [2.24, 2.45) is 35.5 Å². The van der Waals surface area contributed by atoms with E-state index in [0.29, 0.717) is 0 Å². The van der Waals surface area contributed by atoms with Crippen LogP contribution < -0.4 is 0 Å². The van der Waals surface area contributed by atoms with Crippen molar-refractivity contribution in [2.75, 3.05) is 0 Å². The Labute approximate surface area is 90.5 Å². The van der Waals surface area contributed by atoms with Crippen LogP contribution in [0.2, 0.25) is 0 Å². The van der Waals surface area contributed by atoms with Gasteiger partial charge in [0.05, 0.1) is 0 Å². The molecular weight excluding hydrogens is 168 g/mol. The molecule has 0 aliphatic heterocycles. The maximum absolute atomic E-state index is 2.49. The predicted molar refractivity (Wildman–Crippen MR) is 64.2 cm³/mol. The molecule has 0 heteroatoms. The number of hydrogen-bond acceptors (Lipinski definition) is 0. The second kappa shape index (κ2) is 4.68. The average molecular weight is 196 g/mol. The molecule has 3 atom stereocenters. The Kier molecular flexibility index (Phi) is 4.04. The average Bonchev–Trinajstić information content (AvgIpc) is 2.85. The normalized spacial score (nSPS) is 24.0. The first-order valence-corrected chi connectivity index (χ1v) is 6.45. The summed E-state index contributed by atoms with van der Waals surface area (Å²) in [4.78, 5) is 0. The molecule has 0 amide bonds. The molecule has 14 heavy (non-hydrogen) atoms. The monoisotopic (exact) mass is 196 g/mol. The molecule has 0 nitrogen and oxygen atoms in total. The highest BCUT2D eigenvalue weighted by Crippen LogP contribution is 2.45. The van der Waals surface area contributed by atoms with E-state index in [-0.39, 0.29) is 0 Å². The van der Waals surface area contributed by atoms with Gasteiger partial charge >= 0.3 is 0 Å². The van der Waals surface area contributed by atoms with E-state index in [0.717, 1.165) is 35.5 Å². The highest BCUT2D eigenvalue weighted by Gasteiger charge is 2.37. The van der Waals surface area contributed by atoms with Gasteiger partial charge in [-0.2, -0.15) is 0 Å². The lowest BCUT2D eigenvalue weighted by Gasteiger charge is -2.35. The first-order valence-electron chi connectivity index (χ1n) is 6.45. The first kappa shape index (κ1) is 12.1. The SMILES string of the molecule is CC(C)C(C)C(C(C)C)C(C)C1CC1. The predicted octanol–water partition coefficient (Wildman–Crippen LogP) is 4.60. The summed E-state index contributed by atoms with van der Waals surface area (Å²) >= 11 is 0. The summed E-state index contributed by atoms with van der Waals surface area (Å²) in [5.41, 5.74) is 0. The van der Waals surface area contributed by atoms with Crippen LogP contribution in [0.5, 0.6) is 0 Å². The Morgan fingerprint density at radius 2 is 1.29 bits per heavy atom. The van der Waals surface area contributed by atoms with E-state index in [1.807, 2.05) is 0 Å². The van der Waals surface area contributed by atoms with Gasteiger partial charge in [-0.15, -0.1) is 0 Å². The fourth-order valence-electron chi connectivity index (χ4n) is 3.07. The van der Waals surface area contributed by atoms with Crippen LogP contribution in [0.15, 0.2) is 0 Å². The van der Waals surface area contributed by atoms with Crippen molar-refractivity contribution < 1.29 is 0 Å². The lowest BCUT2D eigenvalue weighted by atomic mass is 9.70. The molecule has 0 spiro atoms. The fourth-order valence-corrected chi connectivity index (χ4v) is 3.07. The van der Waals surface area contributed by atoms with Crippen LogP contribution in [0, 0.1) is 35.5 Å². The van der Waals surface area contributed by atoms with Crippen molar-refractivity contribution in [2.45, 2.75) is 54.4 Å². The molecule has 1 aliphatic carbocycles. The fraction of sp³-hybridized carbons (Fsp3) is 1.00. The zero-order chi connectivity index (χ0) is 10.9. The minimum absolute atomic E-state index is 0.837. The summed E-state index contributed by atoms with van der Waals surface area (Å²) in [6.07, 6.45) is 2.99. The van der Waals surface area contributed by atoms with Gasteiger partial charge in [0.25, 0.3) is 0 Å². The van der Waals surface area contributed by atoms with Gasteiger partial charge in [-0.1, -0.05) is 41.5 Å². The molecule has 1 saturated carbocycles.